The molecule has 1 aliphatic heterocycles. The van der Waals surface area contributed by atoms with E-state index in [2.05, 4.69) is 21.2 Å². The van der Waals surface area contributed by atoms with Crippen molar-refractivity contribution in [3.05, 3.63) is 28.5 Å². The Kier molecular flexibility index (Phi) is 5.12. The Hall–Kier alpha value is -1.84. The SMILES string of the molecule is O=C(Nc1ccc(Br)cc1F)N1CCC(NC(=O)C(F)(F)F)C1. The highest BCUT2D eigenvalue weighted by Gasteiger charge is 2.41. The van der Waals surface area contributed by atoms with Gasteiger partial charge in [-0.25, -0.2) is 9.18 Å². The molecule has 1 unspecified atom stereocenters. The quantitative estimate of drug-likeness (QED) is 0.753. The number of alkyl halides is 3. The summed E-state index contributed by atoms with van der Waals surface area (Å²) >= 11 is 3.08. The van der Waals surface area contributed by atoms with Crippen LogP contribution >= 0.6 is 15.9 Å². The normalized spacial score (nSPS) is 18.0. The molecule has 5 nitrogen and oxygen atoms in total. The van der Waals surface area contributed by atoms with Crippen LogP contribution in [0.4, 0.5) is 28.0 Å². The molecule has 2 rings (SSSR count). The van der Waals surface area contributed by atoms with Crippen molar-refractivity contribution in [2.75, 3.05) is 18.4 Å². The number of hydrogen-bond donors (Lipinski definition) is 2. The van der Waals surface area contributed by atoms with Gasteiger partial charge in [0.1, 0.15) is 5.82 Å². The molecule has 0 spiro atoms. The fourth-order valence-corrected chi connectivity index (χ4v) is 2.45. The lowest BCUT2D eigenvalue weighted by molar-refractivity contribution is -0.174. The summed E-state index contributed by atoms with van der Waals surface area (Å²) in [6.07, 6.45) is -4.77. The third kappa shape index (κ3) is 4.57. The molecule has 1 atom stereocenters. The van der Waals surface area contributed by atoms with Crippen molar-refractivity contribution < 1.29 is 27.2 Å². The molecule has 1 fully saturated rings. The van der Waals surface area contributed by atoms with Crippen LogP contribution in [0.3, 0.4) is 0 Å². The Morgan fingerprint density at radius 1 is 1.30 bits per heavy atom. The lowest BCUT2D eigenvalue weighted by Crippen LogP contribution is -2.45. The van der Waals surface area contributed by atoms with Crippen LogP contribution in [0.25, 0.3) is 0 Å². The Morgan fingerprint density at radius 3 is 2.61 bits per heavy atom. The molecule has 0 radical (unpaired) electrons. The number of nitrogens with one attached hydrogen (secondary N) is 2. The molecule has 10 heteroatoms. The lowest BCUT2D eigenvalue weighted by atomic mass is 10.2. The van der Waals surface area contributed by atoms with E-state index >= 15 is 0 Å². The molecular weight excluding hydrogens is 386 g/mol. The number of hydrogen-bond acceptors (Lipinski definition) is 2. The molecule has 1 aliphatic rings. The highest BCUT2D eigenvalue weighted by atomic mass is 79.9. The van der Waals surface area contributed by atoms with Gasteiger partial charge in [-0.3, -0.25) is 4.79 Å². The number of carbonyl (C=O) groups excluding carboxylic acids is 2. The summed E-state index contributed by atoms with van der Waals surface area (Å²) in [7, 11) is 0. The third-order valence-corrected chi connectivity index (χ3v) is 3.73. The molecular formula is C13H12BrF4N3O2. The number of urea groups is 1. The van der Waals surface area contributed by atoms with E-state index in [1.54, 1.807) is 0 Å². The second kappa shape index (κ2) is 6.73. The summed E-state index contributed by atoms with van der Waals surface area (Å²) in [6.45, 7) is 0.0819. The summed E-state index contributed by atoms with van der Waals surface area (Å²) in [6, 6.07) is 2.64. The van der Waals surface area contributed by atoms with E-state index in [0.29, 0.717) is 4.47 Å². The van der Waals surface area contributed by atoms with Gasteiger partial charge in [-0.2, -0.15) is 13.2 Å². The van der Waals surface area contributed by atoms with Gasteiger partial charge in [0.15, 0.2) is 0 Å². The van der Waals surface area contributed by atoms with Crippen molar-refractivity contribution in [3.8, 4) is 0 Å². The zero-order valence-electron chi connectivity index (χ0n) is 11.6. The van der Waals surface area contributed by atoms with E-state index in [1.165, 1.54) is 23.1 Å². The summed E-state index contributed by atoms with van der Waals surface area (Å²) in [4.78, 5) is 24.0. The first-order chi connectivity index (χ1) is 10.7. The smallest absolute Gasteiger partial charge is 0.344 e. The second-order valence-electron chi connectivity index (χ2n) is 4.96. The molecule has 23 heavy (non-hydrogen) atoms. The van der Waals surface area contributed by atoms with Gasteiger partial charge in [0, 0.05) is 23.6 Å². The van der Waals surface area contributed by atoms with Crippen LogP contribution in [0.2, 0.25) is 0 Å². The average Bonchev–Trinajstić information content (AvgIpc) is 2.89. The van der Waals surface area contributed by atoms with E-state index < -0.39 is 30.0 Å². The van der Waals surface area contributed by atoms with Gasteiger partial charge in [-0.15, -0.1) is 0 Å². The van der Waals surface area contributed by atoms with Crippen molar-refractivity contribution in [1.82, 2.24) is 10.2 Å². The maximum Gasteiger partial charge on any atom is 0.471 e. The van der Waals surface area contributed by atoms with E-state index in [1.807, 2.05) is 5.32 Å². The Labute approximate surface area is 137 Å². The summed E-state index contributed by atoms with van der Waals surface area (Å²) in [5.74, 6) is -2.68. The zero-order valence-corrected chi connectivity index (χ0v) is 13.2. The fraction of sp³-hybridized carbons (Fsp3) is 0.385. The molecule has 0 saturated carbocycles. The van der Waals surface area contributed by atoms with Gasteiger partial charge < -0.3 is 15.5 Å². The van der Waals surface area contributed by atoms with Crippen LogP contribution in [-0.2, 0) is 4.79 Å². The number of benzene rings is 1. The number of likely N-dealkylation sites (tertiary alicyclic amines) is 1. The predicted molar refractivity (Wildman–Crippen MR) is 77.3 cm³/mol. The summed E-state index contributed by atoms with van der Waals surface area (Å²) < 4.78 is 50.7. The molecule has 0 bridgehead atoms. The minimum absolute atomic E-state index is 0.0408. The maximum atomic E-state index is 13.6. The molecule has 1 aromatic rings. The van der Waals surface area contributed by atoms with Gasteiger partial charge in [0.2, 0.25) is 0 Å². The maximum absolute atomic E-state index is 13.6. The largest absolute Gasteiger partial charge is 0.471 e. The van der Waals surface area contributed by atoms with Crippen LogP contribution in [0.1, 0.15) is 6.42 Å². The molecule has 126 valence electrons. The fourth-order valence-electron chi connectivity index (χ4n) is 2.11. The number of anilines is 1. The molecule has 1 aromatic carbocycles. The summed E-state index contributed by atoms with van der Waals surface area (Å²) in [5, 5.41) is 4.16. The van der Waals surface area contributed by atoms with E-state index in [9.17, 15) is 27.2 Å². The van der Waals surface area contributed by atoms with E-state index in [4.69, 9.17) is 0 Å². The Balaban J connectivity index is 1.91. The van der Waals surface area contributed by atoms with Crippen LogP contribution in [-0.4, -0.2) is 42.1 Å². The number of nitrogens with zero attached hydrogens (tertiary/aromatic N) is 1. The minimum atomic E-state index is -4.96. The molecule has 0 aliphatic carbocycles. The minimum Gasteiger partial charge on any atom is -0.344 e. The zero-order chi connectivity index (χ0) is 17.2. The van der Waals surface area contributed by atoms with Crippen molar-refractivity contribution in [2.24, 2.45) is 0 Å². The van der Waals surface area contributed by atoms with Gasteiger partial charge in [-0.1, -0.05) is 15.9 Å². The Morgan fingerprint density at radius 2 is 2.00 bits per heavy atom. The highest BCUT2D eigenvalue weighted by Crippen LogP contribution is 2.21. The average molecular weight is 398 g/mol. The van der Waals surface area contributed by atoms with Crippen LogP contribution in [0, 0.1) is 5.82 Å². The molecule has 2 N–H and O–H groups in total. The van der Waals surface area contributed by atoms with Crippen molar-refractivity contribution in [2.45, 2.75) is 18.6 Å². The molecule has 1 saturated heterocycles. The number of halogens is 5. The Bertz CT molecular complexity index is 624. The first kappa shape index (κ1) is 17.5. The first-order valence-electron chi connectivity index (χ1n) is 6.55. The van der Waals surface area contributed by atoms with Gasteiger partial charge in [-0.05, 0) is 24.6 Å². The number of carbonyl (C=O) groups is 2. The van der Waals surface area contributed by atoms with Crippen LogP contribution in [0.5, 0.6) is 0 Å². The monoisotopic (exact) mass is 397 g/mol. The van der Waals surface area contributed by atoms with E-state index in [-0.39, 0.29) is 25.2 Å². The van der Waals surface area contributed by atoms with Gasteiger partial charge in [0.05, 0.1) is 5.69 Å². The topological polar surface area (TPSA) is 61.4 Å². The molecule has 3 amide bonds. The standard InChI is InChI=1S/C13H12BrF4N3O2/c14-7-1-2-10(9(15)5-7)20-12(23)21-4-3-8(6-21)19-11(22)13(16,17)18/h1-2,5,8H,3-4,6H2,(H,19,22)(H,20,23). The predicted octanol–water partition coefficient (Wildman–Crippen LogP) is 2.87. The summed E-state index contributed by atoms with van der Waals surface area (Å²) in [5.41, 5.74) is -0.0408. The molecule has 1 heterocycles. The van der Waals surface area contributed by atoms with Crippen LogP contribution < -0.4 is 10.6 Å². The van der Waals surface area contributed by atoms with Crippen molar-refractivity contribution in [1.29, 1.82) is 0 Å². The van der Waals surface area contributed by atoms with Crippen molar-refractivity contribution >= 4 is 33.6 Å². The van der Waals surface area contributed by atoms with Gasteiger partial charge in [0.25, 0.3) is 0 Å². The molecule has 0 aromatic heterocycles. The first-order valence-corrected chi connectivity index (χ1v) is 7.35. The highest BCUT2D eigenvalue weighted by molar-refractivity contribution is 9.10. The lowest BCUT2D eigenvalue weighted by Gasteiger charge is -2.18. The third-order valence-electron chi connectivity index (χ3n) is 3.24. The van der Waals surface area contributed by atoms with Gasteiger partial charge >= 0.3 is 18.1 Å². The number of amides is 3. The van der Waals surface area contributed by atoms with Crippen molar-refractivity contribution in [3.63, 3.8) is 0 Å². The van der Waals surface area contributed by atoms with Crippen LogP contribution in [0.15, 0.2) is 22.7 Å². The number of rotatable bonds is 2. The second-order valence-corrected chi connectivity index (χ2v) is 5.87. The van der Waals surface area contributed by atoms with E-state index in [0.717, 1.165) is 0 Å².